The molecular weight excluding hydrogens is 384 g/mol. The predicted octanol–water partition coefficient (Wildman–Crippen LogP) is 1.63. The highest BCUT2D eigenvalue weighted by atomic mass is 35.5. The van der Waals surface area contributed by atoms with Gasteiger partial charge in [0.25, 0.3) is 5.56 Å². The fourth-order valence-electron chi connectivity index (χ4n) is 2.62. The number of benzene rings is 1. The van der Waals surface area contributed by atoms with Crippen LogP contribution in [0.5, 0.6) is 5.75 Å². The quantitative estimate of drug-likeness (QED) is 0.522. The third-order valence-corrected chi connectivity index (χ3v) is 3.96. The van der Waals surface area contributed by atoms with Crippen LogP contribution in [-0.2, 0) is 4.74 Å². The number of ether oxygens (including phenoxy) is 2. The minimum Gasteiger partial charge on any atom is -0.493 e. The van der Waals surface area contributed by atoms with Crippen LogP contribution in [0.2, 0.25) is 0 Å². The van der Waals surface area contributed by atoms with E-state index in [1.54, 1.807) is 6.20 Å². The highest BCUT2D eigenvalue weighted by Gasteiger charge is 2.07. The van der Waals surface area contributed by atoms with Gasteiger partial charge in [0.1, 0.15) is 5.75 Å². The van der Waals surface area contributed by atoms with E-state index < -0.39 is 11.2 Å². The number of nitrogens with one attached hydrogen (secondary N) is 1. The molecular formula is C19H23ClN4O4. The lowest BCUT2D eigenvalue weighted by Crippen LogP contribution is -2.27. The second kappa shape index (κ2) is 10.6. The molecule has 150 valence electrons. The topological polar surface area (TPSA) is 112 Å². The molecule has 0 aliphatic rings. The van der Waals surface area contributed by atoms with E-state index in [0.717, 1.165) is 23.7 Å². The van der Waals surface area contributed by atoms with E-state index in [1.165, 1.54) is 16.8 Å². The van der Waals surface area contributed by atoms with Crippen molar-refractivity contribution >= 4 is 23.3 Å². The molecule has 3 N–H and O–H groups in total. The van der Waals surface area contributed by atoms with Gasteiger partial charge in [-0.25, -0.2) is 4.79 Å². The number of halogens is 1. The third kappa shape index (κ3) is 5.41. The van der Waals surface area contributed by atoms with Gasteiger partial charge in [0.2, 0.25) is 0 Å². The summed E-state index contributed by atoms with van der Waals surface area (Å²) < 4.78 is 12.7. The Bertz CT molecular complexity index is 1020. The van der Waals surface area contributed by atoms with Gasteiger partial charge in [0.15, 0.2) is 0 Å². The zero-order valence-electron chi connectivity index (χ0n) is 15.3. The molecule has 0 saturated carbocycles. The van der Waals surface area contributed by atoms with Crippen molar-refractivity contribution in [3.8, 4) is 11.4 Å². The van der Waals surface area contributed by atoms with E-state index in [9.17, 15) is 9.59 Å². The first kappa shape index (κ1) is 21.6. The fraction of sp³-hybridized carbons (Fsp3) is 0.316. The number of hydrogen-bond acceptors (Lipinski definition) is 6. The molecule has 0 radical (unpaired) electrons. The molecule has 0 amide bonds. The third-order valence-electron chi connectivity index (χ3n) is 3.96. The smallest absolute Gasteiger partial charge is 0.332 e. The van der Waals surface area contributed by atoms with Crippen molar-refractivity contribution in [1.29, 1.82) is 0 Å². The van der Waals surface area contributed by atoms with Crippen LogP contribution in [-0.4, -0.2) is 40.9 Å². The summed E-state index contributed by atoms with van der Waals surface area (Å²) in [5.41, 5.74) is 5.76. The van der Waals surface area contributed by atoms with Crippen molar-refractivity contribution in [3.63, 3.8) is 0 Å². The van der Waals surface area contributed by atoms with Crippen molar-refractivity contribution in [1.82, 2.24) is 14.5 Å². The average molecular weight is 407 g/mol. The van der Waals surface area contributed by atoms with E-state index in [2.05, 4.69) is 9.97 Å². The number of nitrogens with zero attached hydrogens (tertiary/aromatic N) is 2. The van der Waals surface area contributed by atoms with Gasteiger partial charge in [-0.1, -0.05) is 6.07 Å². The summed E-state index contributed by atoms with van der Waals surface area (Å²) in [7, 11) is 0. The minimum absolute atomic E-state index is 0. The van der Waals surface area contributed by atoms with E-state index in [0.29, 0.717) is 37.8 Å². The van der Waals surface area contributed by atoms with Crippen LogP contribution in [0, 0.1) is 0 Å². The SMILES string of the molecule is Cl.NCCCOCCCOc1cccc2ncc(-n3ccc(=O)[nH]c3=O)cc12. The summed E-state index contributed by atoms with van der Waals surface area (Å²) >= 11 is 0. The van der Waals surface area contributed by atoms with Gasteiger partial charge in [-0.3, -0.25) is 19.3 Å². The van der Waals surface area contributed by atoms with Crippen LogP contribution >= 0.6 is 12.4 Å². The molecule has 3 rings (SSSR count). The molecule has 9 heteroatoms. The van der Waals surface area contributed by atoms with Crippen LogP contribution in [0.4, 0.5) is 0 Å². The lowest BCUT2D eigenvalue weighted by molar-refractivity contribution is 0.119. The monoisotopic (exact) mass is 406 g/mol. The summed E-state index contributed by atoms with van der Waals surface area (Å²) in [6, 6.07) is 8.71. The highest BCUT2D eigenvalue weighted by Crippen LogP contribution is 2.26. The molecule has 0 bridgehead atoms. The number of fused-ring (bicyclic) bond motifs is 1. The Hall–Kier alpha value is -2.68. The van der Waals surface area contributed by atoms with Crippen LogP contribution in [0.15, 0.2) is 52.3 Å². The van der Waals surface area contributed by atoms with Crippen LogP contribution in [0.1, 0.15) is 12.8 Å². The zero-order chi connectivity index (χ0) is 19.1. The van der Waals surface area contributed by atoms with Crippen molar-refractivity contribution in [2.24, 2.45) is 5.73 Å². The zero-order valence-corrected chi connectivity index (χ0v) is 16.1. The van der Waals surface area contributed by atoms with Gasteiger partial charge >= 0.3 is 5.69 Å². The lowest BCUT2D eigenvalue weighted by Gasteiger charge is -2.11. The summed E-state index contributed by atoms with van der Waals surface area (Å²) in [4.78, 5) is 29.9. The normalized spacial score (nSPS) is 10.6. The van der Waals surface area contributed by atoms with Crippen molar-refractivity contribution < 1.29 is 9.47 Å². The molecule has 0 atom stereocenters. The summed E-state index contributed by atoms with van der Waals surface area (Å²) in [5, 5.41) is 0.789. The number of hydrogen-bond donors (Lipinski definition) is 2. The molecule has 0 aliphatic heterocycles. The second-order valence-corrected chi connectivity index (χ2v) is 5.95. The van der Waals surface area contributed by atoms with E-state index >= 15 is 0 Å². The Kier molecular flexibility index (Phi) is 8.19. The Morgan fingerprint density at radius 2 is 1.93 bits per heavy atom. The maximum absolute atomic E-state index is 12.0. The number of aromatic amines is 1. The van der Waals surface area contributed by atoms with Gasteiger partial charge in [-0.15, -0.1) is 12.4 Å². The molecule has 3 aromatic rings. The van der Waals surface area contributed by atoms with Gasteiger partial charge in [0, 0.05) is 37.3 Å². The van der Waals surface area contributed by atoms with E-state index in [1.807, 2.05) is 24.3 Å². The molecule has 0 fully saturated rings. The molecule has 2 aromatic heterocycles. The summed E-state index contributed by atoms with van der Waals surface area (Å²) in [5.74, 6) is 0.682. The molecule has 0 unspecified atom stereocenters. The van der Waals surface area contributed by atoms with Crippen molar-refractivity contribution in [2.75, 3.05) is 26.4 Å². The average Bonchev–Trinajstić information content (AvgIpc) is 2.67. The van der Waals surface area contributed by atoms with Crippen LogP contribution < -0.4 is 21.7 Å². The summed E-state index contributed by atoms with van der Waals surface area (Å²) in [6.45, 7) is 2.40. The highest BCUT2D eigenvalue weighted by molar-refractivity contribution is 5.86. The van der Waals surface area contributed by atoms with Gasteiger partial charge in [0.05, 0.1) is 24.0 Å². The maximum Gasteiger partial charge on any atom is 0.332 e. The van der Waals surface area contributed by atoms with E-state index in [-0.39, 0.29) is 12.4 Å². The molecule has 2 heterocycles. The number of rotatable bonds is 9. The van der Waals surface area contributed by atoms with Crippen LogP contribution in [0.3, 0.4) is 0 Å². The number of H-pyrrole nitrogens is 1. The molecule has 0 saturated heterocycles. The molecule has 0 aliphatic carbocycles. The van der Waals surface area contributed by atoms with Gasteiger partial charge in [-0.2, -0.15) is 0 Å². The van der Waals surface area contributed by atoms with Crippen molar-refractivity contribution in [2.45, 2.75) is 12.8 Å². The molecule has 8 nitrogen and oxygen atoms in total. The Morgan fingerprint density at radius 3 is 2.71 bits per heavy atom. The van der Waals surface area contributed by atoms with Gasteiger partial charge in [-0.05, 0) is 31.2 Å². The first-order chi connectivity index (χ1) is 13.2. The number of nitrogens with two attached hydrogens (primary N) is 1. The molecule has 28 heavy (non-hydrogen) atoms. The van der Waals surface area contributed by atoms with Crippen LogP contribution in [0.25, 0.3) is 16.6 Å². The second-order valence-electron chi connectivity index (χ2n) is 5.95. The van der Waals surface area contributed by atoms with Gasteiger partial charge < -0.3 is 15.2 Å². The fourth-order valence-corrected chi connectivity index (χ4v) is 2.62. The number of pyridine rings is 1. The Labute approximate surface area is 167 Å². The Morgan fingerprint density at radius 1 is 1.11 bits per heavy atom. The van der Waals surface area contributed by atoms with E-state index in [4.69, 9.17) is 15.2 Å². The van der Waals surface area contributed by atoms with Crippen molar-refractivity contribution in [3.05, 3.63) is 63.6 Å². The Balaban J connectivity index is 0.00000280. The molecule has 0 spiro atoms. The lowest BCUT2D eigenvalue weighted by atomic mass is 10.2. The first-order valence-corrected chi connectivity index (χ1v) is 8.81. The molecule has 1 aromatic carbocycles. The predicted molar refractivity (Wildman–Crippen MR) is 110 cm³/mol. The first-order valence-electron chi connectivity index (χ1n) is 8.81. The summed E-state index contributed by atoms with van der Waals surface area (Å²) in [6.07, 6.45) is 4.61. The minimum atomic E-state index is -0.517. The number of aromatic nitrogens is 3. The maximum atomic E-state index is 12.0. The standard InChI is InChI=1S/C19H22N4O4.ClH/c20-7-2-9-26-10-3-11-27-17-5-1-4-16-15(17)12-14(13-21-16)23-8-6-18(24)22-19(23)25;/h1,4-6,8,12-13H,2-3,7,9-11,20H2,(H,22,24,25);1H. The largest absolute Gasteiger partial charge is 0.493 e.